The quantitative estimate of drug-likeness (QED) is 0.275. The molecule has 1 aromatic carbocycles. The van der Waals surface area contributed by atoms with Gasteiger partial charge in [0, 0.05) is 28.3 Å². The van der Waals surface area contributed by atoms with Crippen molar-refractivity contribution in [2.45, 2.75) is 33.0 Å². The molecule has 0 saturated heterocycles. The molecule has 4 heterocycles. The molecule has 190 valence electrons. The summed E-state index contributed by atoms with van der Waals surface area (Å²) in [5.41, 5.74) is -0.173. The van der Waals surface area contributed by atoms with E-state index in [9.17, 15) is 22.4 Å². The molecule has 0 spiro atoms. The first kappa shape index (κ1) is 24.6. The number of carbonyl (C=O) groups is 1. The summed E-state index contributed by atoms with van der Waals surface area (Å²) < 4.78 is 57.8. The van der Waals surface area contributed by atoms with Crippen molar-refractivity contribution in [3.63, 3.8) is 0 Å². The Labute approximate surface area is 212 Å². The largest absolute Gasteiger partial charge is 0.433 e. The number of hydrogen-bond donors (Lipinski definition) is 1. The van der Waals surface area contributed by atoms with Crippen molar-refractivity contribution in [1.82, 2.24) is 24.4 Å². The summed E-state index contributed by atoms with van der Waals surface area (Å²) in [7, 11) is 0. The minimum absolute atomic E-state index is 0.109. The van der Waals surface area contributed by atoms with Crippen LogP contribution in [0, 0.1) is 12.7 Å². The summed E-state index contributed by atoms with van der Waals surface area (Å²) in [6, 6.07) is 13.5. The molecule has 0 unspecified atom stereocenters. The number of aryl methyl sites for hydroxylation is 2. The van der Waals surface area contributed by atoms with E-state index in [4.69, 9.17) is 0 Å². The van der Waals surface area contributed by atoms with Crippen LogP contribution in [0.1, 0.15) is 39.2 Å². The van der Waals surface area contributed by atoms with Crippen LogP contribution in [0.25, 0.3) is 16.2 Å². The Morgan fingerprint density at radius 1 is 1.08 bits per heavy atom. The Bertz CT molecular complexity index is 1620. The number of carbonyl (C=O) groups excluding carboxylic acids is 1. The standard InChI is InChI=1S/C25H20F4N6OS/c1-3-16-8-9-20(37-16)18-11-21(25(27,28)29)35-23(30-18)12-19(32-35)24(36)31-22-10-14(2)34(33-22)13-15-6-4-5-7-17(15)26/h4-12H,3,13H2,1-2H3,(H,31,33,36). The maximum absolute atomic E-state index is 14.0. The molecule has 1 N–H and O–H groups in total. The first-order valence-corrected chi connectivity index (χ1v) is 12.1. The lowest BCUT2D eigenvalue weighted by Crippen LogP contribution is -2.16. The molecular weight excluding hydrogens is 508 g/mol. The van der Waals surface area contributed by atoms with Crippen molar-refractivity contribution in [1.29, 1.82) is 0 Å². The summed E-state index contributed by atoms with van der Waals surface area (Å²) in [6.07, 6.45) is -3.96. The van der Waals surface area contributed by atoms with E-state index in [0.29, 0.717) is 20.6 Å². The van der Waals surface area contributed by atoms with Gasteiger partial charge in [0.05, 0.1) is 17.1 Å². The van der Waals surface area contributed by atoms with Crippen LogP contribution in [0.15, 0.2) is 54.6 Å². The second-order valence-electron chi connectivity index (χ2n) is 8.32. The van der Waals surface area contributed by atoms with Gasteiger partial charge in [-0.3, -0.25) is 9.48 Å². The van der Waals surface area contributed by atoms with Crippen molar-refractivity contribution in [2.24, 2.45) is 0 Å². The lowest BCUT2D eigenvalue weighted by molar-refractivity contribution is -0.142. The Balaban J connectivity index is 1.44. The second kappa shape index (κ2) is 9.43. The number of alkyl halides is 3. The summed E-state index contributed by atoms with van der Waals surface area (Å²) in [4.78, 5) is 18.8. The van der Waals surface area contributed by atoms with Gasteiger partial charge < -0.3 is 5.32 Å². The Kier molecular flexibility index (Phi) is 6.28. The summed E-state index contributed by atoms with van der Waals surface area (Å²) >= 11 is 1.36. The van der Waals surface area contributed by atoms with E-state index < -0.39 is 17.8 Å². The molecule has 12 heteroatoms. The van der Waals surface area contributed by atoms with Crippen molar-refractivity contribution < 1.29 is 22.4 Å². The van der Waals surface area contributed by atoms with Crippen LogP contribution in [0.4, 0.5) is 23.4 Å². The van der Waals surface area contributed by atoms with Crippen LogP contribution in [0.2, 0.25) is 0 Å². The van der Waals surface area contributed by atoms with Gasteiger partial charge >= 0.3 is 6.18 Å². The highest BCUT2D eigenvalue weighted by molar-refractivity contribution is 7.15. The van der Waals surface area contributed by atoms with Gasteiger partial charge in [0.2, 0.25) is 0 Å². The number of nitrogens with zero attached hydrogens (tertiary/aromatic N) is 5. The first-order chi connectivity index (χ1) is 17.6. The lowest BCUT2D eigenvalue weighted by atomic mass is 10.2. The fraction of sp³-hybridized carbons (Fsp3) is 0.200. The van der Waals surface area contributed by atoms with E-state index >= 15 is 0 Å². The van der Waals surface area contributed by atoms with Gasteiger partial charge in [0.25, 0.3) is 5.91 Å². The molecule has 0 aliphatic carbocycles. The SMILES string of the molecule is CCc1ccc(-c2cc(C(F)(F)F)n3nc(C(=O)Nc4cc(C)n(Cc5ccccc5F)n4)cc3n2)s1. The molecule has 5 rings (SSSR count). The van der Waals surface area contributed by atoms with Gasteiger partial charge in [-0.2, -0.15) is 23.4 Å². The molecule has 0 radical (unpaired) electrons. The van der Waals surface area contributed by atoms with Crippen LogP contribution in [0.5, 0.6) is 0 Å². The number of halogens is 4. The maximum Gasteiger partial charge on any atom is 0.433 e. The highest BCUT2D eigenvalue weighted by Crippen LogP contribution is 2.34. The number of amides is 1. The van der Waals surface area contributed by atoms with E-state index in [2.05, 4.69) is 20.5 Å². The number of rotatable bonds is 6. The molecule has 0 aliphatic heterocycles. The van der Waals surface area contributed by atoms with E-state index in [0.717, 1.165) is 17.4 Å². The van der Waals surface area contributed by atoms with Gasteiger partial charge in [-0.25, -0.2) is 13.9 Å². The number of fused-ring (bicyclic) bond motifs is 1. The van der Waals surface area contributed by atoms with Crippen LogP contribution in [-0.4, -0.2) is 30.3 Å². The van der Waals surface area contributed by atoms with E-state index in [-0.39, 0.29) is 35.2 Å². The minimum Gasteiger partial charge on any atom is -0.304 e. The van der Waals surface area contributed by atoms with E-state index in [1.807, 2.05) is 13.0 Å². The van der Waals surface area contributed by atoms with Crippen LogP contribution in [0.3, 0.4) is 0 Å². The van der Waals surface area contributed by atoms with Gasteiger partial charge in [0.15, 0.2) is 22.9 Å². The average molecular weight is 529 g/mol. The third-order valence-electron chi connectivity index (χ3n) is 5.71. The molecule has 5 aromatic rings. The van der Waals surface area contributed by atoms with Crippen molar-refractivity contribution in [2.75, 3.05) is 5.32 Å². The highest BCUT2D eigenvalue weighted by Gasteiger charge is 2.36. The number of thiophene rings is 1. The number of anilines is 1. The molecule has 37 heavy (non-hydrogen) atoms. The summed E-state index contributed by atoms with van der Waals surface area (Å²) in [6.45, 7) is 3.84. The topological polar surface area (TPSA) is 77.1 Å². The molecule has 1 amide bonds. The fourth-order valence-corrected chi connectivity index (χ4v) is 4.73. The molecule has 0 atom stereocenters. The van der Waals surface area contributed by atoms with Crippen LogP contribution < -0.4 is 5.32 Å². The molecule has 0 saturated carbocycles. The third kappa shape index (κ3) is 4.96. The van der Waals surface area contributed by atoms with Crippen LogP contribution in [-0.2, 0) is 19.1 Å². The first-order valence-electron chi connectivity index (χ1n) is 11.3. The summed E-state index contributed by atoms with van der Waals surface area (Å²) in [5.74, 6) is -0.972. The zero-order valence-electron chi connectivity index (χ0n) is 19.7. The molecule has 7 nitrogen and oxygen atoms in total. The number of nitrogens with one attached hydrogen (secondary N) is 1. The van der Waals surface area contributed by atoms with E-state index in [1.54, 1.807) is 37.3 Å². The van der Waals surface area contributed by atoms with Gasteiger partial charge in [-0.15, -0.1) is 11.3 Å². The van der Waals surface area contributed by atoms with Gasteiger partial charge in [-0.1, -0.05) is 25.1 Å². The molecular formula is C25H20F4N6OS. The zero-order valence-corrected chi connectivity index (χ0v) is 20.5. The van der Waals surface area contributed by atoms with E-state index in [1.165, 1.54) is 28.2 Å². The van der Waals surface area contributed by atoms with Gasteiger partial charge in [-0.05, 0) is 37.6 Å². The molecule has 0 fully saturated rings. The predicted molar refractivity (Wildman–Crippen MR) is 131 cm³/mol. The fourth-order valence-electron chi connectivity index (χ4n) is 3.82. The normalized spacial score (nSPS) is 11.8. The molecule has 0 bridgehead atoms. The smallest absolute Gasteiger partial charge is 0.304 e. The maximum atomic E-state index is 14.0. The predicted octanol–water partition coefficient (Wildman–Crippen LogP) is 5.98. The van der Waals surface area contributed by atoms with Crippen LogP contribution >= 0.6 is 11.3 Å². The van der Waals surface area contributed by atoms with Crippen molar-refractivity contribution in [3.8, 4) is 10.6 Å². The Hall–Kier alpha value is -4.06. The van der Waals surface area contributed by atoms with Crippen molar-refractivity contribution in [3.05, 3.63) is 87.9 Å². The minimum atomic E-state index is -4.72. The number of aromatic nitrogens is 5. The number of hydrogen-bond acceptors (Lipinski definition) is 5. The Morgan fingerprint density at radius 2 is 1.86 bits per heavy atom. The van der Waals surface area contributed by atoms with Gasteiger partial charge in [0.1, 0.15) is 5.82 Å². The molecule has 0 aliphatic rings. The Morgan fingerprint density at radius 3 is 2.57 bits per heavy atom. The number of benzene rings is 1. The van der Waals surface area contributed by atoms with Crippen molar-refractivity contribution >= 4 is 28.7 Å². The monoisotopic (exact) mass is 528 g/mol. The average Bonchev–Trinajstić information content (AvgIpc) is 3.57. The zero-order chi connectivity index (χ0) is 26.3. The lowest BCUT2D eigenvalue weighted by Gasteiger charge is -2.10. The second-order valence-corrected chi connectivity index (χ2v) is 9.49. The third-order valence-corrected chi connectivity index (χ3v) is 6.97. The molecule has 4 aromatic heterocycles. The highest BCUT2D eigenvalue weighted by atomic mass is 32.1. The summed E-state index contributed by atoms with van der Waals surface area (Å²) in [5, 5.41) is 10.7.